The Morgan fingerprint density at radius 3 is 2.58 bits per heavy atom. The van der Waals surface area contributed by atoms with Gasteiger partial charge in [-0.2, -0.15) is 0 Å². The van der Waals surface area contributed by atoms with E-state index in [0.29, 0.717) is 0 Å². The first kappa shape index (κ1) is 22.2. The number of nitro benzene ring substituents is 1. The quantitative estimate of drug-likeness (QED) is 0.382. The fourth-order valence-electron chi connectivity index (χ4n) is 3.44. The molecular formula is C19H19N3O8S. The van der Waals surface area contributed by atoms with Gasteiger partial charge in [0, 0.05) is 17.7 Å². The van der Waals surface area contributed by atoms with Crippen molar-refractivity contribution < 1.29 is 33.9 Å². The highest BCUT2D eigenvalue weighted by Crippen LogP contribution is 2.51. The van der Waals surface area contributed by atoms with Gasteiger partial charge in [0.25, 0.3) is 5.69 Å². The molecule has 2 aliphatic rings. The number of fused-ring (bicyclic) bond motifs is 1. The minimum absolute atomic E-state index is 0.0352. The molecular weight excluding hydrogens is 430 g/mol. The molecule has 31 heavy (non-hydrogen) atoms. The van der Waals surface area contributed by atoms with Crippen LogP contribution >= 0.6 is 11.8 Å². The molecule has 0 unspecified atom stereocenters. The summed E-state index contributed by atoms with van der Waals surface area (Å²) in [4.78, 5) is 50.0. The van der Waals surface area contributed by atoms with Gasteiger partial charge in [0.05, 0.1) is 46.0 Å². The molecule has 2 atom stereocenters. The average molecular weight is 449 g/mol. The maximum Gasteiger partial charge on any atom is 0.338 e. The van der Waals surface area contributed by atoms with E-state index in [4.69, 9.17) is 15.2 Å². The number of aromatic hydroxyl groups is 1. The Hall–Kier alpha value is -3.54. The molecule has 1 saturated heterocycles. The highest BCUT2D eigenvalue weighted by atomic mass is 32.2. The Kier molecular flexibility index (Phi) is 5.93. The molecule has 1 fully saturated rings. The van der Waals surface area contributed by atoms with Crippen molar-refractivity contribution in [1.29, 1.82) is 0 Å². The minimum atomic E-state index is -1.36. The number of carbonyl (C=O) groups is 3. The second kappa shape index (κ2) is 8.30. The number of methoxy groups -OCH3 is 1. The minimum Gasteiger partial charge on any atom is -0.508 e. The summed E-state index contributed by atoms with van der Waals surface area (Å²) in [6.07, 6.45) is 0. The molecule has 12 heteroatoms. The fraction of sp³-hybridized carbons (Fsp3) is 0.316. The first-order valence-electron chi connectivity index (χ1n) is 9.11. The number of esters is 2. The van der Waals surface area contributed by atoms with E-state index in [1.807, 2.05) is 0 Å². The SMILES string of the molecule is CCOC(=O)C1=C(N)N2C(=O)[C@@H](C)SC2=C(C(=O)OC)[C@H]1c1cc([N+](=O)[O-])ccc1O. The Morgan fingerprint density at radius 2 is 2.00 bits per heavy atom. The molecule has 164 valence electrons. The number of nitrogens with zero attached hydrogens (tertiary/aromatic N) is 2. The van der Waals surface area contributed by atoms with Crippen LogP contribution in [-0.4, -0.2) is 51.7 Å². The van der Waals surface area contributed by atoms with Crippen LogP contribution < -0.4 is 5.73 Å². The number of nitrogens with two attached hydrogens (primary N) is 1. The van der Waals surface area contributed by atoms with Crippen molar-refractivity contribution in [1.82, 2.24) is 4.90 Å². The molecule has 0 bridgehead atoms. The number of benzene rings is 1. The number of hydrogen-bond donors (Lipinski definition) is 2. The predicted octanol–water partition coefficient (Wildman–Crippen LogP) is 1.48. The number of phenolic OH excluding ortho intramolecular Hbond substituents is 1. The molecule has 2 heterocycles. The number of carbonyl (C=O) groups excluding carboxylic acids is 3. The van der Waals surface area contributed by atoms with Crippen molar-refractivity contribution in [2.24, 2.45) is 5.73 Å². The lowest BCUT2D eigenvalue weighted by Crippen LogP contribution is -2.40. The topological polar surface area (TPSA) is 162 Å². The van der Waals surface area contributed by atoms with Gasteiger partial charge in [-0.25, -0.2) is 9.59 Å². The second-order valence-electron chi connectivity index (χ2n) is 6.60. The molecule has 3 rings (SSSR count). The summed E-state index contributed by atoms with van der Waals surface area (Å²) < 4.78 is 9.96. The highest BCUT2D eigenvalue weighted by Gasteiger charge is 2.49. The molecule has 0 saturated carbocycles. The Labute approximate surface area is 180 Å². The fourth-order valence-corrected chi connectivity index (χ4v) is 4.61. The highest BCUT2D eigenvalue weighted by molar-refractivity contribution is 8.04. The maximum atomic E-state index is 12.9. The number of rotatable bonds is 5. The van der Waals surface area contributed by atoms with Gasteiger partial charge >= 0.3 is 11.9 Å². The predicted molar refractivity (Wildman–Crippen MR) is 108 cm³/mol. The van der Waals surface area contributed by atoms with E-state index in [9.17, 15) is 29.6 Å². The van der Waals surface area contributed by atoms with E-state index in [2.05, 4.69) is 0 Å². The van der Waals surface area contributed by atoms with Gasteiger partial charge in [-0.05, 0) is 19.9 Å². The van der Waals surface area contributed by atoms with Crippen LogP contribution in [-0.2, 0) is 23.9 Å². The van der Waals surface area contributed by atoms with Crippen LogP contribution in [0, 0.1) is 10.1 Å². The summed E-state index contributed by atoms with van der Waals surface area (Å²) >= 11 is 1.03. The molecule has 0 radical (unpaired) electrons. The lowest BCUT2D eigenvalue weighted by Gasteiger charge is -2.33. The van der Waals surface area contributed by atoms with E-state index < -0.39 is 39.7 Å². The summed E-state index contributed by atoms with van der Waals surface area (Å²) in [5.74, 6) is -4.33. The van der Waals surface area contributed by atoms with E-state index in [1.54, 1.807) is 13.8 Å². The van der Waals surface area contributed by atoms with Gasteiger partial charge in [0.2, 0.25) is 5.91 Å². The van der Waals surface area contributed by atoms with Crippen molar-refractivity contribution in [3.8, 4) is 5.75 Å². The normalized spacial score (nSPS) is 20.6. The number of non-ortho nitro benzene ring substituents is 1. The zero-order valence-electron chi connectivity index (χ0n) is 16.8. The van der Waals surface area contributed by atoms with E-state index in [0.717, 1.165) is 42.0 Å². The van der Waals surface area contributed by atoms with Gasteiger partial charge in [-0.15, -0.1) is 0 Å². The average Bonchev–Trinajstić information content (AvgIpc) is 3.02. The van der Waals surface area contributed by atoms with Crippen molar-refractivity contribution >= 4 is 35.3 Å². The van der Waals surface area contributed by atoms with Crippen molar-refractivity contribution in [2.75, 3.05) is 13.7 Å². The molecule has 11 nitrogen and oxygen atoms in total. The Bertz CT molecular complexity index is 1060. The summed E-state index contributed by atoms with van der Waals surface area (Å²) in [7, 11) is 1.11. The van der Waals surface area contributed by atoms with Gasteiger partial charge in [0.1, 0.15) is 11.6 Å². The third-order valence-corrected chi connectivity index (χ3v) is 6.00. The van der Waals surface area contributed by atoms with Crippen LogP contribution in [0.3, 0.4) is 0 Å². The molecule has 2 aliphatic heterocycles. The molecule has 1 amide bonds. The van der Waals surface area contributed by atoms with Crippen LogP contribution in [0.4, 0.5) is 5.69 Å². The first-order valence-corrected chi connectivity index (χ1v) is 9.99. The number of ether oxygens (including phenoxy) is 2. The van der Waals surface area contributed by atoms with Crippen LogP contribution in [0.2, 0.25) is 0 Å². The third kappa shape index (κ3) is 3.58. The van der Waals surface area contributed by atoms with E-state index in [1.165, 1.54) is 0 Å². The van der Waals surface area contributed by atoms with Crippen molar-refractivity contribution in [3.63, 3.8) is 0 Å². The number of hydrogen-bond acceptors (Lipinski definition) is 10. The lowest BCUT2D eigenvalue weighted by molar-refractivity contribution is -0.384. The van der Waals surface area contributed by atoms with Crippen molar-refractivity contribution in [2.45, 2.75) is 25.0 Å². The largest absolute Gasteiger partial charge is 0.508 e. The smallest absolute Gasteiger partial charge is 0.338 e. The lowest BCUT2D eigenvalue weighted by atomic mass is 9.81. The maximum absolute atomic E-state index is 12.9. The number of phenols is 1. The van der Waals surface area contributed by atoms with Gasteiger partial charge in [-0.1, -0.05) is 11.8 Å². The molecule has 1 aromatic rings. The van der Waals surface area contributed by atoms with Gasteiger partial charge in [0.15, 0.2) is 0 Å². The standard InChI is InChI=1S/C19H19N3O8S/c1-4-30-19(26)13-12(10-7-9(22(27)28)5-6-11(10)23)14(18(25)29-3)17-21(15(13)20)16(24)8(2)31-17/h5-8,12,23H,4,20H2,1-3H3/t8-,12+/m1/s1. The summed E-state index contributed by atoms with van der Waals surface area (Å²) in [6, 6.07) is 3.19. The number of amides is 1. The summed E-state index contributed by atoms with van der Waals surface area (Å²) in [5.41, 5.74) is 5.24. The van der Waals surface area contributed by atoms with E-state index in [-0.39, 0.29) is 39.9 Å². The number of nitro groups is 1. The van der Waals surface area contributed by atoms with E-state index >= 15 is 0 Å². The zero-order chi connectivity index (χ0) is 23.0. The zero-order valence-corrected chi connectivity index (χ0v) is 17.6. The van der Waals surface area contributed by atoms with Gasteiger partial charge in [-0.3, -0.25) is 19.8 Å². The third-order valence-electron chi connectivity index (χ3n) is 4.82. The van der Waals surface area contributed by atoms with Gasteiger partial charge < -0.3 is 20.3 Å². The Morgan fingerprint density at radius 1 is 1.32 bits per heavy atom. The Balaban J connectivity index is 2.38. The second-order valence-corrected chi connectivity index (χ2v) is 7.93. The van der Waals surface area contributed by atoms with Crippen molar-refractivity contribution in [3.05, 3.63) is 55.9 Å². The molecule has 0 aromatic heterocycles. The van der Waals surface area contributed by atoms with Crippen LogP contribution in [0.25, 0.3) is 0 Å². The summed E-state index contributed by atoms with van der Waals surface area (Å²) in [5, 5.41) is 21.3. The van der Waals surface area contributed by atoms with Crippen LogP contribution in [0.1, 0.15) is 25.3 Å². The molecule has 3 N–H and O–H groups in total. The van der Waals surface area contributed by atoms with Crippen LogP contribution in [0.5, 0.6) is 5.75 Å². The molecule has 1 aromatic carbocycles. The summed E-state index contributed by atoms with van der Waals surface area (Å²) in [6.45, 7) is 3.12. The molecule has 0 spiro atoms. The first-order chi connectivity index (χ1) is 14.6. The number of thioether (sulfide) groups is 1. The van der Waals surface area contributed by atoms with Crippen LogP contribution in [0.15, 0.2) is 40.2 Å². The molecule has 0 aliphatic carbocycles. The monoisotopic (exact) mass is 449 g/mol.